The maximum absolute atomic E-state index is 4.25. The number of hydrogen-bond donors (Lipinski definition) is 0. The molecule has 6 rings (SSSR count). The van der Waals surface area contributed by atoms with E-state index in [0.717, 1.165) is 166 Å². The molecular weight excluding hydrogens is 1440 g/mol. The van der Waals surface area contributed by atoms with Gasteiger partial charge in [-0.3, -0.25) is 14.0 Å². The van der Waals surface area contributed by atoms with Crippen LogP contribution in [0.15, 0.2) is 37.2 Å². The van der Waals surface area contributed by atoms with E-state index < -0.39 is 0 Å². The standard InChI is InChI=1S/3C17H33N3.3C16H31N3/c2*1-15(2)10-6-5-7-12-17-14-18-19-20(17)13-9-8-11-16(3)4;1-15(2)10-7-5-6-8-12-17-14-18-19-20(17)13-9-11-16(3)4;1-14(2)9-6-5-7-12-19-13-16(17-18-19)11-8-10-15(3)4;2*1-14(2)9-7-5-6-8-12-19-13-16(17-18-19)11-10-15(3)4/h3*14-16H,5-13H2,1-4H3;3*13-15H,5-12H2,1-4H3. The summed E-state index contributed by atoms with van der Waals surface area (Å²) in [5, 5.41) is 50.3. The summed E-state index contributed by atoms with van der Waals surface area (Å²) in [7, 11) is 0. The predicted octanol–water partition coefficient (Wildman–Crippen LogP) is 28.0. The molecule has 0 N–H and O–H groups in total. The van der Waals surface area contributed by atoms with Crippen LogP contribution in [0.4, 0.5) is 0 Å². The zero-order valence-corrected chi connectivity index (χ0v) is 81.5. The molecule has 0 saturated heterocycles. The number of aromatic nitrogens is 18. The molecule has 6 heterocycles. The summed E-state index contributed by atoms with van der Waals surface area (Å²) in [6, 6.07) is 0. The molecule has 0 unspecified atom stereocenters. The minimum atomic E-state index is 0.742. The molecule has 0 aliphatic heterocycles. The van der Waals surface area contributed by atoms with Crippen LogP contribution < -0.4 is 0 Å². The normalized spacial score (nSPS) is 11.7. The highest BCUT2D eigenvalue weighted by Crippen LogP contribution is 2.20. The predicted molar refractivity (Wildman–Crippen MR) is 500 cm³/mol. The van der Waals surface area contributed by atoms with Crippen molar-refractivity contribution < 1.29 is 0 Å². The van der Waals surface area contributed by atoms with Crippen LogP contribution in [0.25, 0.3) is 0 Å². The lowest BCUT2D eigenvalue weighted by atomic mass is 10.0. The lowest BCUT2D eigenvalue weighted by Crippen LogP contribution is -2.06. The molecule has 0 saturated carbocycles. The molecule has 0 atom stereocenters. The van der Waals surface area contributed by atoms with E-state index in [9.17, 15) is 0 Å². The van der Waals surface area contributed by atoms with Crippen LogP contribution in [0, 0.1) is 71.0 Å². The van der Waals surface area contributed by atoms with Crippen LogP contribution in [0.2, 0.25) is 0 Å². The van der Waals surface area contributed by atoms with Gasteiger partial charge in [-0.25, -0.2) is 14.0 Å². The van der Waals surface area contributed by atoms with Gasteiger partial charge in [0.25, 0.3) is 0 Å². The van der Waals surface area contributed by atoms with Crippen LogP contribution in [-0.4, -0.2) is 90.0 Å². The van der Waals surface area contributed by atoms with Crippen molar-refractivity contribution in [3.63, 3.8) is 0 Å². The fourth-order valence-electron chi connectivity index (χ4n) is 14.2. The first-order valence-corrected chi connectivity index (χ1v) is 49.3. The third-order valence-corrected chi connectivity index (χ3v) is 21.9. The molecule has 18 nitrogen and oxygen atoms in total. The van der Waals surface area contributed by atoms with Crippen molar-refractivity contribution >= 4 is 0 Å². The van der Waals surface area contributed by atoms with E-state index in [1.165, 1.54) is 267 Å². The zero-order valence-electron chi connectivity index (χ0n) is 81.5. The largest absolute Gasteiger partial charge is 0.252 e. The smallest absolute Gasteiger partial charge is 0.0827 e. The molecule has 117 heavy (non-hydrogen) atoms. The highest BCUT2D eigenvalue weighted by atomic mass is 15.4. The first-order chi connectivity index (χ1) is 56.0. The van der Waals surface area contributed by atoms with Crippen LogP contribution in [0.5, 0.6) is 0 Å². The van der Waals surface area contributed by atoms with Crippen molar-refractivity contribution in [3.8, 4) is 0 Å². The Morgan fingerprint density at radius 1 is 0.188 bits per heavy atom. The van der Waals surface area contributed by atoms with E-state index in [1.54, 1.807) is 0 Å². The quantitative estimate of drug-likeness (QED) is 0.0330. The van der Waals surface area contributed by atoms with Gasteiger partial charge < -0.3 is 0 Å². The summed E-state index contributed by atoms with van der Waals surface area (Å²) in [5.41, 5.74) is 7.40. The van der Waals surface area contributed by atoms with Crippen LogP contribution >= 0.6 is 0 Å². The average molecular weight is 1630 g/mol. The highest BCUT2D eigenvalue weighted by Gasteiger charge is 2.12. The molecule has 0 spiro atoms. The summed E-state index contributed by atoms with van der Waals surface area (Å²) in [5.74, 6) is 9.72. The Labute approximate surface area is 722 Å². The van der Waals surface area contributed by atoms with E-state index in [0.29, 0.717) is 0 Å². The number of hydrogen-bond acceptors (Lipinski definition) is 12. The molecule has 0 radical (unpaired) electrons. The summed E-state index contributed by atoms with van der Waals surface area (Å²) in [6.45, 7) is 61.0. The Hall–Kier alpha value is -5.16. The van der Waals surface area contributed by atoms with Crippen LogP contribution in [0.3, 0.4) is 0 Å². The molecule has 6 aromatic heterocycles. The summed E-state index contributed by atoms with van der Waals surface area (Å²) in [4.78, 5) is 0. The van der Waals surface area contributed by atoms with Gasteiger partial charge in [0.1, 0.15) is 0 Å². The fourth-order valence-corrected chi connectivity index (χ4v) is 14.2. The highest BCUT2D eigenvalue weighted by molar-refractivity contribution is 4.97. The van der Waals surface area contributed by atoms with Crippen molar-refractivity contribution in [2.24, 2.45) is 71.0 Å². The Morgan fingerprint density at radius 3 is 0.675 bits per heavy atom. The summed E-state index contributed by atoms with van der Waals surface area (Å²) >= 11 is 0. The Kier molecular flexibility index (Phi) is 68.0. The molecular formula is C99H192N18. The Bertz CT molecular complexity index is 2920. The molecule has 0 aliphatic rings. The third kappa shape index (κ3) is 68.1. The molecule has 678 valence electrons. The first kappa shape index (κ1) is 110. The number of unbranched alkanes of at least 4 members (excludes halogenated alkanes) is 17. The molecule has 0 amide bonds. The second-order valence-corrected chi connectivity index (χ2v) is 40.0. The molecule has 6 aromatic rings. The Balaban J connectivity index is 0.000000702. The van der Waals surface area contributed by atoms with Gasteiger partial charge in [-0.1, -0.05) is 364 Å². The van der Waals surface area contributed by atoms with Gasteiger partial charge in [-0.05, 0) is 193 Å². The minimum absolute atomic E-state index is 0.742. The van der Waals surface area contributed by atoms with E-state index in [2.05, 4.69) is 261 Å². The van der Waals surface area contributed by atoms with Crippen molar-refractivity contribution in [2.45, 2.75) is 494 Å². The van der Waals surface area contributed by atoms with Crippen LogP contribution in [-0.2, 0) is 77.8 Å². The third-order valence-electron chi connectivity index (χ3n) is 21.9. The van der Waals surface area contributed by atoms with Crippen molar-refractivity contribution in [1.82, 2.24) is 90.0 Å². The van der Waals surface area contributed by atoms with Gasteiger partial charge >= 0.3 is 0 Å². The zero-order chi connectivity index (χ0) is 86.6. The van der Waals surface area contributed by atoms with E-state index >= 15 is 0 Å². The molecule has 0 bridgehead atoms. The van der Waals surface area contributed by atoms with Gasteiger partial charge in [0.05, 0.1) is 52.8 Å². The van der Waals surface area contributed by atoms with E-state index in [1.807, 2.05) is 32.6 Å². The monoisotopic (exact) mass is 1630 g/mol. The lowest BCUT2D eigenvalue weighted by Gasteiger charge is -2.08. The lowest BCUT2D eigenvalue weighted by molar-refractivity contribution is 0.468. The van der Waals surface area contributed by atoms with Gasteiger partial charge in [-0.2, -0.15) is 0 Å². The van der Waals surface area contributed by atoms with Gasteiger partial charge in [0.15, 0.2) is 0 Å². The summed E-state index contributed by atoms with van der Waals surface area (Å²) in [6.07, 6.45) is 69.7. The second kappa shape index (κ2) is 72.5. The van der Waals surface area contributed by atoms with Crippen molar-refractivity contribution in [1.29, 1.82) is 0 Å². The van der Waals surface area contributed by atoms with Crippen molar-refractivity contribution in [2.75, 3.05) is 0 Å². The van der Waals surface area contributed by atoms with Crippen LogP contribution in [0.1, 0.15) is 451 Å². The Morgan fingerprint density at radius 2 is 0.393 bits per heavy atom. The number of aryl methyl sites for hydroxylation is 12. The minimum Gasteiger partial charge on any atom is -0.252 e. The number of nitrogens with zero attached hydrogens (tertiary/aromatic N) is 18. The van der Waals surface area contributed by atoms with E-state index in [4.69, 9.17) is 0 Å². The fraction of sp³-hybridized carbons (Fsp3) is 0.879. The first-order valence-electron chi connectivity index (χ1n) is 49.3. The maximum Gasteiger partial charge on any atom is 0.0827 e. The SMILES string of the molecule is CC(C)CCCCCCc1cnnn1CCCC(C)C.CC(C)CCCCCCn1cc(CCC(C)C)nn1.CC(C)CCCCCCn1cc(CCC(C)C)nn1.CC(C)CCCCCc1cnnn1CCCCC(C)C.CC(C)CCCCCc1cnnn1CCCCC(C)C.CC(C)CCCCCn1cc(CCCC(C)C)nn1. The molecule has 0 fully saturated rings. The van der Waals surface area contributed by atoms with Gasteiger partial charge in [-0.15, -0.1) is 30.6 Å². The summed E-state index contributed by atoms with van der Waals surface area (Å²) < 4.78 is 12.4. The van der Waals surface area contributed by atoms with Crippen molar-refractivity contribution in [3.05, 3.63) is 71.3 Å². The average Bonchev–Trinajstić information content (AvgIpc) is 1.86. The second-order valence-electron chi connectivity index (χ2n) is 40.0. The van der Waals surface area contributed by atoms with E-state index in [-0.39, 0.29) is 0 Å². The van der Waals surface area contributed by atoms with Gasteiger partial charge in [0.2, 0.25) is 0 Å². The number of rotatable bonds is 63. The topological polar surface area (TPSA) is 184 Å². The molecule has 0 aromatic carbocycles. The van der Waals surface area contributed by atoms with Gasteiger partial charge in [0, 0.05) is 57.9 Å². The molecule has 18 heteroatoms. The molecule has 0 aliphatic carbocycles. The maximum atomic E-state index is 4.25.